The van der Waals surface area contributed by atoms with Crippen molar-refractivity contribution in [2.24, 2.45) is 5.73 Å². The number of halogens is 3. The van der Waals surface area contributed by atoms with Gasteiger partial charge in [-0.15, -0.1) is 5.10 Å². The first-order valence-electron chi connectivity index (χ1n) is 5.83. The minimum Gasteiger partial charge on any atom is -0.370 e. The number of ether oxygens (including phenoxy) is 1. The maximum atomic E-state index is 12.0. The second-order valence-electron chi connectivity index (χ2n) is 4.14. The highest BCUT2D eigenvalue weighted by Gasteiger charge is 2.28. The second-order valence-corrected chi connectivity index (χ2v) is 4.14. The van der Waals surface area contributed by atoms with Gasteiger partial charge < -0.3 is 10.5 Å². The normalized spacial score (nSPS) is 13.4. The average Bonchev–Trinajstić information content (AvgIpc) is 2.87. The highest BCUT2D eigenvalue weighted by atomic mass is 19.4. The van der Waals surface area contributed by atoms with Crippen molar-refractivity contribution >= 4 is 0 Å². The Labute approximate surface area is 113 Å². The molecule has 8 heteroatoms. The summed E-state index contributed by atoms with van der Waals surface area (Å²) in [5.41, 5.74) is 7.03. The summed E-state index contributed by atoms with van der Waals surface area (Å²) in [4.78, 5) is 0. The van der Waals surface area contributed by atoms with Crippen molar-refractivity contribution in [1.29, 1.82) is 0 Å². The van der Waals surface area contributed by atoms with E-state index < -0.39 is 18.8 Å². The van der Waals surface area contributed by atoms with Crippen LogP contribution in [0.25, 0.3) is 5.69 Å². The molecule has 0 bridgehead atoms. The van der Waals surface area contributed by atoms with Crippen LogP contribution in [0.2, 0.25) is 0 Å². The summed E-state index contributed by atoms with van der Waals surface area (Å²) in [5, 5.41) is 7.60. The van der Waals surface area contributed by atoms with Crippen LogP contribution in [0.4, 0.5) is 13.2 Å². The van der Waals surface area contributed by atoms with E-state index in [0.717, 1.165) is 5.69 Å². The lowest BCUT2D eigenvalue weighted by Crippen LogP contribution is -2.24. The van der Waals surface area contributed by atoms with E-state index in [0.29, 0.717) is 5.69 Å². The molecule has 0 saturated heterocycles. The monoisotopic (exact) mass is 286 g/mol. The van der Waals surface area contributed by atoms with E-state index in [1.807, 2.05) is 18.2 Å². The molecule has 0 saturated carbocycles. The van der Waals surface area contributed by atoms with Crippen LogP contribution in [-0.4, -0.2) is 34.4 Å². The third kappa shape index (κ3) is 3.78. The molecule has 0 aliphatic rings. The summed E-state index contributed by atoms with van der Waals surface area (Å²) in [6.45, 7) is -1.59. The van der Waals surface area contributed by atoms with Gasteiger partial charge in [0.15, 0.2) is 0 Å². The minimum atomic E-state index is -4.36. The molecule has 5 nitrogen and oxygen atoms in total. The Kier molecular flexibility index (Phi) is 4.35. The Morgan fingerprint density at radius 1 is 1.25 bits per heavy atom. The van der Waals surface area contributed by atoms with Gasteiger partial charge in [0, 0.05) is 0 Å². The Hall–Kier alpha value is -1.93. The molecule has 1 aromatic carbocycles. The van der Waals surface area contributed by atoms with E-state index in [-0.39, 0.29) is 6.61 Å². The third-order valence-electron chi connectivity index (χ3n) is 2.52. The van der Waals surface area contributed by atoms with Crippen molar-refractivity contribution in [1.82, 2.24) is 15.0 Å². The van der Waals surface area contributed by atoms with Crippen LogP contribution in [0.3, 0.4) is 0 Å². The van der Waals surface area contributed by atoms with Gasteiger partial charge >= 0.3 is 6.18 Å². The molecule has 20 heavy (non-hydrogen) atoms. The summed E-state index contributed by atoms with van der Waals surface area (Å²) in [6.07, 6.45) is -2.95. The van der Waals surface area contributed by atoms with Crippen LogP contribution in [0.5, 0.6) is 0 Å². The highest BCUT2D eigenvalue weighted by molar-refractivity contribution is 5.32. The number of rotatable bonds is 5. The first-order valence-corrected chi connectivity index (χ1v) is 5.83. The molecule has 1 heterocycles. The van der Waals surface area contributed by atoms with Gasteiger partial charge in [0.05, 0.1) is 30.2 Å². The van der Waals surface area contributed by atoms with Crippen molar-refractivity contribution in [3.8, 4) is 5.69 Å². The molecule has 1 unspecified atom stereocenters. The van der Waals surface area contributed by atoms with Crippen LogP contribution < -0.4 is 5.73 Å². The number of alkyl halides is 3. The standard InChI is InChI=1S/C12H13F3N4O/c13-12(14,15)8-20-7-10(16)11-6-17-18-19(11)9-4-2-1-3-5-9/h1-6,10H,7-8,16H2. The predicted octanol–water partition coefficient (Wildman–Crippen LogP) is 1.85. The Morgan fingerprint density at radius 3 is 2.60 bits per heavy atom. The zero-order chi connectivity index (χ0) is 14.6. The SMILES string of the molecule is NC(COCC(F)(F)F)c1cnnn1-c1ccccc1. The molecule has 0 amide bonds. The first-order chi connectivity index (χ1) is 9.47. The number of nitrogens with two attached hydrogens (primary N) is 1. The zero-order valence-electron chi connectivity index (χ0n) is 10.4. The molecule has 0 aliphatic carbocycles. The Bertz CT molecular complexity index is 541. The molecule has 0 aliphatic heterocycles. The number of benzene rings is 1. The zero-order valence-corrected chi connectivity index (χ0v) is 10.4. The number of hydrogen-bond donors (Lipinski definition) is 1. The van der Waals surface area contributed by atoms with Crippen LogP contribution in [0.15, 0.2) is 36.5 Å². The van der Waals surface area contributed by atoms with Crippen LogP contribution in [0, 0.1) is 0 Å². The molecule has 1 atom stereocenters. The van der Waals surface area contributed by atoms with Gasteiger partial charge in [0.2, 0.25) is 0 Å². The number of nitrogens with zero attached hydrogens (tertiary/aromatic N) is 3. The molecule has 108 valence electrons. The maximum Gasteiger partial charge on any atom is 0.411 e. The predicted molar refractivity (Wildman–Crippen MR) is 65.2 cm³/mol. The van der Waals surface area contributed by atoms with Crippen LogP contribution >= 0.6 is 0 Å². The quantitative estimate of drug-likeness (QED) is 0.911. The number of hydrogen-bond acceptors (Lipinski definition) is 4. The van der Waals surface area contributed by atoms with Crippen molar-refractivity contribution < 1.29 is 17.9 Å². The van der Waals surface area contributed by atoms with E-state index in [1.54, 1.807) is 12.1 Å². The highest BCUT2D eigenvalue weighted by Crippen LogP contribution is 2.17. The van der Waals surface area contributed by atoms with Crippen LogP contribution in [-0.2, 0) is 4.74 Å². The summed E-state index contributed by atoms with van der Waals surface area (Å²) < 4.78 is 42.0. The molecular formula is C12H13F3N4O. The average molecular weight is 286 g/mol. The Morgan fingerprint density at radius 2 is 1.95 bits per heavy atom. The lowest BCUT2D eigenvalue weighted by Gasteiger charge is -2.14. The summed E-state index contributed by atoms with van der Waals surface area (Å²) in [7, 11) is 0. The van der Waals surface area contributed by atoms with Gasteiger partial charge in [0.1, 0.15) is 6.61 Å². The molecule has 0 spiro atoms. The van der Waals surface area contributed by atoms with E-state index >= 15 is 0 Å². The molecule has 0 fully saturated rings. The fourth-order valence-electron chi connectivity index (χ4n) is 1.65. The molecule has 2 N–H and O–H groups in total. The van der Waals surface area contributed by atoms with Crippen molar-refractivity contribution in [3.05, 3.63) is 42.2 Å². The molecule has 2 aromatic rings. The summed E-state index contributed by atoms with van der Waals surface area (Å²) >= 11 is 0. The lowest BCUT2D eigenvalue weighted by molar-refractivity contribution is -0.174. The largest absolute Gasteiger partial charge is 0.411 e. The van der Waals surface area contributed by atoms with E-state index in [1.165, 1.54) is 10.9 Å². The van der Waals surface area contributed by atoms with Crippen LogP contribution in [0.1, 0.15) is 11.7 Å². The third-order valence-corrected chi connectivity index (χ3v) is 2.52. The van der Waals surface area contributed by atoms with E-state index in [4.69, 9.17) is 5.73 Å². The van der Waals surface area contributed by atoms with Gasteiger partial charge in [-0.1, -0.05) is 23.4 Å². The van der Waals surface area contributed by atoms with E-state index in [9.17, 15) is 13.2 Å². The lowest BCUT2D eigenvalue weighted by atomic mass is 10.2. The summed E-state index contributed by atoms with van der Waals surface area (Å²) in [5.74, 6) is 0. The van der Waals surface area contributed by atoms with Gasteiger partial charge in [-0.3, -0.25) is 0 Å². The molecule has 0 radical (unpaired) electrons. The first kappa shape index (κ1) is 14.5. The molecule has 2 rings (SSSR count). The topological polar surface area (TPSA) is 66.0 Å². The Balaban J connectivity index is 2.05. The van der Waals surface area contributed by atoms with Gasteiger partial charge in [-0.25, -0.2) is 4.68 Å². The van der Waals surface area contributed by atoms with Crippen molar-refractivity contribution in [3.63, 3.8) is 0 Å². The summed E-state index contributed by atoms with van der Waals surface area (Å²) in [6, 6.07) is 8.31. The maximum absolute atomic E-state index is 12.0. The smallest absolute Gasteiger partial charge is 0.370 e. The number of para-hydroxylation sites is 1. The molecule has 1 aromatic heterocycles. The van der Waals surface area contributed by atoms with Gasteiger partial charge in [-0.05, 0) is 12.1 Å². The number of aromatic nitrogens is 3. The van der Waals surface area contributed by atoms with Gasteiger partial charge in [-0.2, -0.15) is 13.2 Å². The van der Waals surface area contributed by atoms with E-state index in [2.05, 4.69) is 15.0 Å². The minimum absolute atomic E-state index is 0.264. The van der Waals surface area contributed by atoms with Crippen molar-refractivity contribution in [2.45, 2.75) is 12.2 Å². The fourth-order valence-corrected chi connectivity index (χ4v) is 1.65. The molecular weight excluding hydrogens is 273 g/mol. The van der Waals surface area contributed by atoms with Crippen molar-refractivity contribution in [2.75, 3.05) is 13.2 Å². The fraction of sp³-hybridized carbons (Fsp3) is 0.333. The second kappa shape index (κ2) is 6.02. The van der Waals surface area contributed by atoms with Gasteiger partial charge in [0.25, 0.3) is 0 Å².